The Hall–Kier alpha value is -3.01. The van der Waals surface area contributed by atoms with Gasteiger partial charge in [0.15, 0.2) is 5.16 Å². The van der Waals surface area contributed by atoms with Crippen molar-refractivity contribution in [1.29, 1.82) is 0 Å². The molecule has 2 aromatic carbocycles. The summed E-state index contributed by atoms with van der Waals surface area (Å²) in [6, 6.07) is 11.6. The number of alkyl halides is 2. The molecule has 0 aliphatic rings. The molecule has 0 aliphatic heterocycles. The summed E-state index contributed by atoms with van der Waals surface area (Å²) in [6.07, 6.45) is -0.0939. The molecule has 3 aromatic rings. The molecule has 0 saturated carbocycles. The van der Waals surface area contributed by atoms with Crippen molar-refractivity contribution in [3.05, 3.63) is 54.3 Å². The van der Waals surface area contributed by atoms with Crippen LogP contribution in [0.5, 0.6) is 0 Å². The number of fused-ring (bicyclic) bond motifs is 1. The lowest BCUT2D eigenvalue weighted by Gasteiger charge is -2.22. The second kappa shape index (κ2) is 8.99. The number of rotatable bonds is 8. The Bertz CT molecular complexity index is 1020. The van der Waals surface area contributed by atoms with Crippen molar-refractivity contribution in [1.82, 2.24) is 9.55 Å². The van der Waals surface area contributed by atoms with Crippen molar-refractivity contribution in [3.8, 4) is 0 Å². The Kier molecular flexibility index (Phi) is 6.42. The average molecular weight is 422 g/mol. The summed E-state index contributed by atoms with van der Waals surface area (Å²) in [7, 11) is 0. The molecule has 0 saturated heterocycles. The fraction of sp³-hybridized carbons (Fsp3) is 0.211. The Labute approximate surface area is 168 Å². The minimum atomic E-state index is -2.82. The molecular weight excluding hydrogens is 405 g/mol. The average Bonchev–Trinajstić information content (AvgIpc) is 3.06. The quantitative estimate of drug-likeness (QED) is 0.563. The Morgan fingerprint density at radius 2 is 1.83 bits per heavy atom. The number of nitrogens with zero attached hydrogens (tertiary/aromatic N) is 3. The van der Waals surface area contributed by atoms with E-state index in [4.69, 9.17) is 5.73 Å². The van der Waals surface area contributed by atoms with Crippen molar-refractivity contribution < 1.29 is 22.8 Å². The molecule has 0 fully saturated rings. The summed E-state index contributed by atoms with van der Waals surface area (Å²) in [5.74, 6) is -1.73. The molecule has 0 bridgehead atoms. The van der Waals surface area contributed by atoms with Gasteiger partial charge in [0.05, 0.1) is 16.8 Å². The number of benzene rings is 2. The van der Waals surface area contributed by atoms with Crippen molar-refractivity contribution in [2.45, 2.75) is 18.1 Å². The van der Waals surface area contributed by atoms with Crippen molar-refractivity contribution >= 4 is 40.3 Å². The van der Waals surface area contributed by atoms with Crippen LogP contribution in [0.25, 0.3) is 11.0 Å². The topological polar surface area (TPSA) is 81.2 Å². The second-order valence-corrected chi connectivity index (χ2v) is 7.00. The molecule has 10 heteroatoms. The van der Waals surface area contributed by atoms with Gasteiger partial charge in [-0.1, -0.05) is 23.9 Å². The van der Waals surface area contributed by atoms with Crippen LogP contribution in [0.2, 0.25) is 0 Å². The van der Waals surface area contributed by atoms with Gasteiger partial charge in [-0.2, -0.15) is 8.78 Å². The molecule has 0 atom stereocenters. The summed E-state index contributed by atoms with van der Waals surface area (Å²) in [5, 5.41) is 0.00325. The maximum Gasteiger partial charge on any atom is 0.321 e. The number of nitrogens with two attached hydrogens (primary N) is 1. The van der Waals surface area contributed by atoms with Crippen LogP contribution in [-0.2, 0) is 9.59 Å². The van der Waals surface area contributed by atoms with Gasteiger partial charge in [-0.15, -0.1) is 0 Å². The van der Waals surface area contributed by atoms with Gasteiger partial charge < -0.3 is 10.6 Å². The zero-order chi connectivity index (χ0) is 21.0. The molecule has 6 nitrogen and oxygen atoms in total. The van der Waals surface area contributed by atoms with Crippen LogP contribution in [0.3, 0.4) is 0 Å². The summed E-state index contributed by atoms with van der Waals surface area (Å²) in [6.45, 7) is -2.82. The molecule has 0 radical (unpaired) electrons. The minimum absolute atomic E-state index is 0.00325. The molecule has 152 valence electrons. The number of thioether (sulfide) groups is 1. The highest BCUT2D eigenvalue weighted by Gasteiger charge is 2.21. The fourth-order valence-corrected chi connectivity index (χ4v) is 3.65. The first-order chi connectivity index (χ1) is 13.9. The highest BCUT2D eigenvalue weighted by atomic mass is 32.2. The molecule has 2 amide bonds. The van der Waals surface area contributed by atoms with Crippen LogP contribution in [0, 0.1) is 5.82 Å². The summed E-state index contributed by atoms with van der Waals surface area (Å²) in [5.41, 5.74) is 6.20. The lowest BCUT2D eigenvalue weighted by Crippen LogP contribution is -2.35. The van der Waals surface area contributed by atoms with Crippen molar-refractivity contribution in [2.24, 2.45) is 5.73 Å². The van der Waals surface area contributed by atoms with Crippen LogP contribution < -0.4 is 10.6 Å². The first kappa shape index (κ1) is 20.7. The highest BCUT2D eigenvalue weighted by molar-refractivity contribution is 7.99. The van der Waals surface area contributed by atoms with Crippen molar-refractivity contribution in [2.75, 3.05) is 17.2 Å². The predicted molar refractivity (Wildman–Crippen MR) is 104 cm³/mol. The van der Waals surface area contributed by atoms with E-state index >= 15 is 0 Å². The van der Waals surface area contributed by atoms with E-state index in [0.29, 0.717) is 11.2 Å². The summed E-state index contributed by atoms with van der Waals surface area (Å²) < 4.78 is 41.0. The van der Waals surface area contributed by atoms with Crippen LogP contribution in [-0.4, -0.2) is 33.7 Å². The van der Waals surface area contributed by atoms with Crippen molar-refractivity contribution in [3.63, 3.8) is 0 Å². The van der Waals surface area contributed by atoms with E-state index in [0.717, 1.165) is 16.3 Å². The smallest absolute Gasteiger partial charge is 0.321 e. The van der Waals surface area contributed by atoms with E-state index in [9.17, 15) is 22.8 Å². The lowest BCUT2D eigenvalue weighted by molar-refractivity contribution is -0.118. The molecule has 0 spiro atoms. The third kappa shape index (κ3) is 4.89. The van der Waals surface area contributed by atoms with E-state index < -0.39 is 24.2 Å². The van der Waals surface area contributed by atoms with Crippen LogP contribution in [0.1, 0.15) is 13.0 Å². The van der Waals surface area contributed by atoms with Gasteiger partial charge in [-0.25, -0.2) is 9.37 Å². The van der Waals surface area contributed by atoms with E-state index in [-0.39, 0.29) is 29.4 Å². The number of para-hydroxylation sites is 2. The monoisotopic (exact) mass is 422 g/mol. The van der Waals surface area contributed by atoms with Crippen LogP contribution in [0.4, 0.5) is 18.9 Å². The molecule has 1 aromatic heterocycles. The third-order valence-corrected chi connectivity index (χ3v) is 5.04. The van der Waals surface area contributed by atoms with Gasteiger partial charge in [-0.05, 0) is 36.4 Å². The van der Waals surface area contributed by atoms with Crippen LogP contribution >= 0.6 is 11.8 Å². The van der Waals surface area contributed by atoms with Gasteiger partial charge in [0.1, 0.15) is 5.82 Å². The zero-order valence-corrected chi connectivity index (χ0v) is 15.9. The number of amides is 2. The SMILES string of the molecule is NC(=O)CCN(C(=O)CSc1nc2ccccc2n1C(F)F)c1ccc(F)cc1. The van der Waals surface area contributed by atoms with E-state index in [1.807, 2.05) is 0 Å². The number of carbonyl (C=O) groups is 2. The Morgan fingerprint density at radius 3 is 2.48 bits per heavy atom. The normalized spacial score (nSPS) is 11.2. The summed E-state index contributed by atoms with van der Waals surface area (Å²) >= 11 is 0.860. The second-order valence-electron chi connectivity index (χ2n) is 6.06. The molecular formula is C19H17F3N4O2S. The fourth-order valence-electron chi connectivity index (χ4n) is 2.76. The predicted octanol–water partition coefficient (Wildman–Crippen LogP) is 3.57. The Morgan fingerprint density at radius 1 is 1.14 bits per heavy atom. The summed E-state index contributed by atoms with van der Waals surface area (Å²) in [4.78, 5) is 29.3. The molecule has 2 N–H and O–H groups in total. The van der Waals surface area contributed by atoms with Gasteiger partial charge in [0.2, 0.25) is 11.8 Å². The van der Waals surface area contributed by atoms with Gasteiger partial charge in [0.25, 0.3) is 0 Å². The Balaban J connectivity index is 1.81. The maximum atomic E-state index is 13.5. The van der Waals surface area contributed by atoms with Gasteiger partial charge in [-0.3, -0.25) is 14.2 Å². The zero-order valence-electron chi connectivity index (χ0n) is 15.1. The standard InChI is InChI=1S/C19H17F3N4O2S/c20-12-5-7-13(8-6-12)25(10-9-16(23)27)17(28)11-29-19-24-14-3-1-2-4-15(14)26(19)18(21)22/h1-8,18H,9-11H2,(H2,23,27). The number of anilines is 1. The minimum Gasteiger partial charge on any atom is -0.370 e. The molecule has 29 heavy (non-hydrogen) atoms. The molecule has 0 unspecified atom stereocenters. The van der Waals surface area contributed by atoms with E-state index in [1.165, 1.54) is 35.2 Å². The number of carbonyl (C=O) groups excluding carboxylic acids is 2. The lowest BCUT2D eigenvalue weighted by atomic mass is 10.2. The molecule has 1 heterocycles. The number of hydrogen-bond donors (Lipinski definition) is 1. The van der Waals surface area contributed by atoms with E-state index in [1.54, 1.807) is 18.2 Å². The number of halogens is 3. The van der Waals surface area contributed by atoms with Crippen LogP contribution in [0.15, 0.2) is 53.7 Å². The number of imidazole rings is 1. The molecule has 3 rings (SSSR count). The first-order valence-electron chi connectivity index (χ1n) is 8.59. The largest absolute Gasteiger partial charge is 0.370 e. The number of primary amides is 1. The van der Waals surface area contributed by atoms with Gasteiger partial charge in [0, 0.05) is 18.7 Å². The number of aromatic nitrogens is 2. The van der Waals surface area contributed by atoms with Gasteiger partial charge >= 0.3 is 6.55 Å². The first-order valence-corrected chi connectivity index (χ1v) is 9.57. The molecule has 0 aliphatic carbocycles. The van der Waals surface area contributed by atoms with E-state index in [2.05, 4.69) is 4.98 Å². The number of hydrogen-bond acceptors (Lipinski definition) is 4. The highest BCUT2D eigenvalue weighted by Crippen LogP contribution is 2.29. The maximum absolute atomic E-state index is 13.5. The third-order valence-electron chi connectivity index (χ3n) is 4.10.